The molecule has 2 aromatic carbocycles. The molecule has 0 spiro atoms. The Morgan fingerprint density at radius 3 is 2.53 bits per heavy atom. The van der Waals surface area contributed by atoms with Gasteiger partial charge in [0.2, 0.25) is 6.79 Å². The van der Waals surface area contributed by atoms with Crippen molar-refractivity contribution in [1.82, 2.24) is 15.0 Å². The number of Topliss-reactive ketones (excluding diaryl/α,β-unsaturated/α-hetero) is 1. The first-order valence-corrected chi connectivity index (χ1v) is 8.59. The molecule has 0 bridgehead atoms. The highest BCUT2D eigenvalue weighted by Gasteiger charge is 2.34. The molecule has 1 aliphatic rings. The molecule has 0 aliphatic carbocycles. The number of nitrogens with zero attached hydrogens (tertiary/aromatic N) is 3. The average molecular weight is 418 g/mol. The Morgan fingerprint density at radius 2 is 1.83 bits per heavy atom. The van der Waals surface area contributed by atoms with Gasteiger partial charge in [-0.2, -0.15) is 13.2 Å². The molecule has 1 aromatic heterocycles. The molecule has 0 atom stereocenters. The standard InChI is InChI=1S/C19H13F3N4O4/c1-10(27)11-6-16-17(30-9-29-16)7-13(11)23-18(28)14-8-26(25-24-14)15-5-3-2-4-12(15)19(20,21)22/h2-8H,9H2,1H3,(H,23,28). The number of carbonyl (C=O) groups is 2. The molecule has 2 heterocycles. The zero-order valence-electron chi connectivity index (χ0n) is 15.4. The van der Waals surface area contributed by atoms with Crippen molar-refractivity contribution in [3.05, 3.63) is 59.4 Å². The molecule has 3 aromatic rings. The third-order valence-electron chi connectivity index (χ3n) is 4.32. The van der Waals surface area contributed by atoms with Crippen LogP contribution in [0, 0.1) is 0 Å². The lowest BCUT2D eigenvalue weighted by Crippen LogP contribution is -2.15. The topological polar surface area (TPSA) is 95.3 Å². The lowest BCUT2D eigenvalue weighted by molar-refractivity contribution is -0.137. The summed E-state index contributed by atoms with van der Waals surface area (Å²) in [6, 6.07) is 7.65. The highest BCUT2D eigenvalue weighted by molar-refractivity contribution is 6.08. The van der Waals surface area contributed by atoms with E-state index in [9.17, 15) is 22.8 Å². The van der Waals surface area contributed by atoms with Crippen LogP contribution < -0.4 is 14.8 Å². The number of ketones is 1. The summed E-state index contributed by atoms with van der Waals surface area (Å²) in [5.74, 6) is -0.371. The summed E-state index contributed by atoms with van der Waals surface area (Å²) in [6.07, 6.45) is -3.53. The Kier molecular flexibility index (Phi) is 4.65. The molecule has 11 heteroatoms. The summed E-state index contributed by atoms with van der Waals surface area (Å²) in [5.41, 5.74) is -1.09. The van der Waals surface area contributed by atoms with Gasteiger partial charge in [0.15, 0.2) is 23.0 Å². The molecule has 1 N–H and O–H groups in total. The largest absolute Gasteiger partial charge is 0.454 e. The smallest absolute Gasteiger partial charge is 0.418 e. The van der Waals surface area contributed by atoms with Gasteiger partial charge >= 0.3 is 6.18 Å². The number of hydrogen-bond donors (Lipinski definition) is 1. The second kappa shape index (κ2) is 7.17. The van der Waals surface area contributed by atoms with Crippen molar-refractivity contribution in [2.45, 2.75) is 13.1 Å². The molecule has 4 rings (SSSR count). The number of fused-ring (bicyclic) bond motifs is 1. The van der Waals surface area contributed by atoms with Gasteiger partial charge in [-0.15, -0.1) is 5.10 Å². The second-order valence-corrected chi connectivity index (χ2v) is 6.32. The number of aromatic nitrogens is 3. The molecule has 154 valence electrons. The Hall–Kier alpha value is -3.89. The van der Waals surface area contributed by atoms with Crippen LogP contribution in [0.5, 0.6) is 11.5 Å². The van der Waals surface area contributed by atoms with Gasteiger partial charge in [0, 0.05) is 11.6 Å². The maximum absolute atomic E-state index is 13.2. The van der Waals surface area contributed by atoms with Crippen LogP contribution >= 0.6 is 0 Å². The van der Waals surface area contributed by atoms with E-state index in [0.29, 0.717) is 11.5 Å². The molecule has 1 aliphatic heterocycles. The van der Waals surface area contributed by atoms with Crippen molar-refractivity contribution >= 4 is 17.4 Å². The molecule has 0 radical (unpaired) electrons. The van der Waals surface area contributed by atoms with Gasteiger partial charge in [0.05, 0.1) is 23.1 Å². The first-order chi connectivity index (χ1) is 14.2. The number of amides is 1. The van der Waals surface area contributed by atoms with Crippen LogP contribution in [0.3, 0.4) is 0 Å². The zero-order valence-corrected chi connectivity index (χ0v) is 15.4. The maximum atomic E-state index is 13.2. The SMILES string of the molecule is CC(=O)c1cc2c(cc1NC(=O)c1cn(-c3ccccc3C(F)(F)F)nn1)OCO2. The van der Waals surface area contributed by atoms with Crippen molar-refractivity contribution in [1.29, 1.82) is 0 Å². The number of ether oxygens (including phenoxy) is 2. The van der Waals surface area contributed by atoms with E-state index in [2.05, 4.69) is 15.6 Å². The van der Waals surface area contributed by atoms with Gasteiger partial charge in [0.1, 0.15) is 0 Å². The first kappa shape index (κ1) is 19.4. The van der Waals surface area contributed by atoms with E-state index in [-0.39, 0.29) is 35.2 Å². The minimum absolute atomic E-state index is 0.0168. The number of anilines is 1. The lowest BCUT2D eigenvalue weighted by atomic mass is 10.1. The van der Waals surface area contributed by atoms with Gasteiger partial charge < -0.3 is 14.8 Å². The fraction of sp³-hybridized carbons (Fsp3) is 0.158. The Morgan fingerprint density at radius 1 is 1.13 bits per heavy atom. The summed E-state index contributed by atoms with van der Waals surface area (Å²) in [5, 5.41) is 9.80. The molecule has 0 saturated heterocycles. The van der Waals surface area contributed by atoms with E-state index in [1.54, 1.807) is 0 Å². The van der Waals surface area contributed by atoms with Crippen molar-refractivity contribution in [3.63, 3.8) is 0 Å². The highest BCUT2D eigenvalue weighted by Crippen LogP contribution is 2.37. The van der Waals surface area contributed by atoms with E-state index in [4.69, 9.17) is 9.47 Å². The minimum atomic E-state index is -4.60. The van der Waals surface area contributed by atoms with E-state index >= 15 is 0 Å². The molecule has 0 fully saturated rings. The molecular weight excluding hydrogens is 405 g/mol. The predicted octanol–water partition coefficient (Wildman–Crippen LogP) is 3.47. The van der Waals surface area contributed by atoms with Crippen LogP contribution in [0.1, 0.15) is 33.3 Å². The lowest BCUT2D eigenvalue weighted by Gasteiger charge is -2.11. The van der Waals surface area contributed by atoms with Crippen molar-refractivity contribution in [2.75, 3.05) is 12.1 Å². The molecule has 0 unspecified atom stereocenters. The van der Waals surface area contributed by atoms with Crippen LogP contribution in [0.2, 0.25) is 0 Å². The van der Waals surface area contributed by atoms with Crippen LogP contribution in [0.4, 0.5) is 18.9 Å². The third-order valence-corrected chi connectivity index (χ3v) is 4.32. The monoisotopic (exact) mass is 418 g/mol. The predicted molar refractivity (Wildman–Crippen MR) is 96.9 cm³/mol. The molecular formula is C19H13F3N4O4. The van der Waals surface area contributed by atoms with Crippen molar-refractivity contribution in [2.24, 2.45) is 0 Å². The Balaban J connectivity index is 1.63. The number of hydrogen-bond acceptors (Lipinski definition) is 6. The van der Waals surface area contributed by atoms with E-state index in [0.717, 1.165) is 16.9 Å². The summed E-state index contributed by atoms with van der Waals surface area (Å²) < 4.78 is 51.0. The Bertz CT molecular complexity index is 1160. The minimum Gasteiger partial charge on any atom is -0.454 e. The van der Waals surface area contributed by atoms with Gasteiger partial charge in [-0.25, -0.2) is 4.68 Å². The first-order valence-electron chi connectivity index (χ1n) is 8.59. The number of alkyl halides is 3. The van der Waals surface area contributed by atoms with E-state index in [1.807, 2.05) is 0 Å². The van der Waals surface area contributed by atoms with Gasteiger partial charge in [-0.1, -0.05) is 17.3 Å². The number of benzene rings is 2. The fourth-order valence-corrected chi connectivity index (χ4v) is 2.92. The number of rotatable bonds is 4. The molecule has 0 saturated carbocycles. The quantitative estimate of drug-likeness (QED) is 0.652. The average Bonchev–Trinajstić information content (AvgIpc) is 3.36. The summed E-state index contributed by atoms with van der Waals surface area (Å²) in [7, 11) is 0. The number of nitrogens with one attached hydrogen (secondary N) is 1. The van der Waals surface area contributed by atoms with Crippen molar-refractivity contribution < 1.29 is 32.2 Å². The van der Waals surface area contributed by atoms with Gasteiger partial charge in [0.25, 0.3) is 5.91 Å². The number of halogens is 3. The second-order valence-electron chi connectivity index (χ2n) is 6.32. The molecule has 8 nitrogen and oxygen atoms in total. The van der Waals surface area contributed by atoms with Crippen LogP contribution in [-0.2, 0) is 6.18 Å². The van der Waals surface area contributed by atoms with Gasteiger partial charge in [-0.3, -0.25) is 9.59 Å². The molecule has 30 heavy (non-hydrogen) atoms. The zero-order chi connectivity index (χ0) is 21.5. The summed E-state index contributed by atoms with van der Waals surface area (Å²) in [4.78, 5) is 24.5. The van der Waals surface area contributed by atoms with E-state index < -0.39 is 17.6 Å². The highest BCUT2D eigenvalue weighted by atomic mass is 19.4. The van der Waals surface area contributed by atoms with Crippen LogP contribution in [-0.4, -0.2) is 33.5 Å². The normalized spacial score (nSPS) is 12.7. The third kappa shape index (κ3) is 3.56. The molecule has 1 amide bonds. The number of carbonyl (C=O) groups excluding carboxylic acids is 2. The van der Waals surface area contributed by atoms with Gasteiger partial charge in [-0.05, 0) is 25.1 Å². The summed E-state index contributed by atoms with van der Waals surface area (Å²) in [6.45, 7) is 1.30. The maximum Gasteiger partial charge on any atom is 0.418 e. The van der Waals surface area contributed by atoms with Crippen LogP contribution in [0.25, 0.3) is 5.69 Å². The van der Waals surface area contributed by atoms with E-state index in [1.165, 1.54) is 37.3 Å². The Labute approximate surface area is 167 Å². The summed E-state index contributed by atoms with van der Waals surface area (Å²) >= 11 is 0. The fourth-order valence-electron chi connectivity index (χ4n) is 2.92. The number of para-hydroxylation sites is 1. The van der Waals surface area contributed by atoms with Crippen LogP contribution in [0.15, 0.2) is 42.6 Å². The van der Waals surface area contributed by atoms with Crippen molar-refractivity contribution in [3.8, 4) is 17.2 Å².